The Morgan fingerprint density at radius 2 is 2.00 bits per heavy atom. The molecule has 0 atom stereocenters. The number of hydrogen-bond donors (Lipinski definition) is 1. The van der Waals surface area contributed by atoms with Gasteiger partial charge in [0.15, 0.2) is 5.76 Å². The van der Waals surface area contributed by atoms with E-state index in [1.54, 1.807) is 41.3 Å². The molecule has 0 saturated carbocycles. The number of carbonyl (C=O) groups excluding carboxylic acids is 1. The van der Waals surface area contributed by atoms with Crippen LogP contribution >= 0.6 is 27.5 Å². The van der Waals surface area contributed by atoms with Gasteiger partial charge in [0.1, 0.15) is 18.1 Å². The number of furan rings is 1. The lowest BCUT2D eigenvalue weighted by Gasteiger charge is -2.06. The second kappa shape index (κ2) is 9.41. The molecule has 0 radical (unpaired) electrons. The SMILES string of the molecule is Cc1ccc(Cn2cc(NC(=O)c3ccc(COc4ccc(Br)cc4Cl)o3)cn2)cc1. The number of benzene rings is 2. The average Bonchev–Trinajstić information content (AvgIpc) is 3.39. The zero-order valence-corrected chi connectivity index (χ0v) is 19.0. The van der Waals surface area contributed by atoms with Crippen molar-refractivity contribution in [1.82, 2.24) is 9.78 Å². The maximum atomic E-state index is 12.5. The van der Waals surface area contributed by atoms with Crippen LogP contribution in [0.25, 0.3) is 0 Å². The minimum atomic E-state index is -0.359. The molecule has 31 heavy (non-hydrogen) atoms. The number of rotatable bonds is 7. The predicted molar refractivity (Wildman–Crippen MR) is 123 cm³/mol. The van der Waals surface area contributed by atoms with Crippen LogP contribution in [0.3, 0.4) is 0 Å². The normalized spacial score (nSPS) is 10.8. The molecule has 1 amide bonds. The first-order valence-corrected chi connectivity index (χ1v) is 10.7. The van der Waals surface area contributed by atoms with Gasteiger partial charge in [-0.1, -0.05) is 57.4 Å². The smallest absolute Gasteiger partial charge is 0.291 e. The molecule has 0 saturated heterocycles. The van der Waals surface area contributed by atoms with Crippen LogP contribution in [-0.4, -0.2) is 15.7 Å². The van der Waals surface area contributed by atoms with E-state index in [0.29, 0.717) is 28.8 Å². The van der Waals surface area contributed by atoms with Crippen molar-refractivity contribution in [2.45, 2.75) is 20.1 Å². The van der Waals surface area contributed by atoms with E-state index in [1.165, 1.54) is 5.56 Å². The summed E-state index contributed by atoms with van der Waals surface area (Å²) >= 11 is 9.49. The van der Waals surface area contributed by atoms with Gasteiger partial charge in [-0.2, -0.15) is 5.10 Å². The summed E-state index contributed by atoms with van der Waals surface area (Å²) in [5, 5.41) is 7.58. The van der Waals surface area contributed by atoms with Crippen LogP contribution in [0.15, 0.2) is 75.9 Å². The highest BCUT2D eigenvalue weighted by molar-refractivity contribution is 9.10. The number of halogens is 2. The standard InChI is InChI=1S/C23H19BrClN3O3/c1-15-2-4-16(5-3-15)12-28-13-18(11-26-28)27-23(29)22-9-7-19(31-22)14-30-21-8-6-17(24)10-20(21)25/h2-11,13H,12,14H2,1H3,(H,27,29). The fraction of sp³-hybridized carbons (Fsp3) is 0.130. The molecule has 6 nitrogen and oxygen atoms in total. The van der Waals surface area contributed by atoms with Gasteiger partial charge in [0.25, 0.3) is 5.91 Å². The van der Waals surface area contributed by atoms with Gasteiger partial charge in [-0.25, -0.2) is 0 Å². The predicted octanol–water partition coefficient (Wildman–Crippen LogP) is 6.08. The number of nitrogens with one attached hydrogen (secondary N) is 1. The molecule has 0 unspecified atom stereocenters. The third-order valence-corrected chi connectivity index (χ3v) is 5.29. The molecule has 4 aromatic rings. The highest BCUT2D eigenvalue weighted by Crippen LogP contribution is 2.28. The van der Waals surface area contributed by atoms with E-state index in [-0.39, 0.29) is 18.3 Å². The molecule has 0 aliphatic rings. The molecule has 4 rings (SSSR count). The molecule has 0 bridgehead atoms. The van der Waals surface area contributed by atoms with E-state index in [2.05, 4.69) is 50.6 Å². The van der Waals surface area contributed by atoms with E-state index >= 15 is 0 Å². The number of amides is 1. The summed E-state index contributed by atoms with van der Waals surface area (Å²) in [6, 6.07) is 16.9. The van der Waals surface area contributed by atoms with Gasteiger partial charge in [0.2, 0.25) is 0 Å². The van der Waals surface area contributed by atoms with Crippen LogP contribution in [-0.2, 0) is 13.2 Å². The Balaban J connectivity index is 1.33. The second-order valence-electron chi connectivity index (χ2n) is 7.00. The molecular weight excluding hydrogens is 482 g/mol. The van der Waals surface area contributed by atoms with Crippen LogP contribution in [0, 0.1) is 6.92 Å². The summed E-state index contributed by atoms with van der Waals surface area (Å²) in [5.41, 5.74) is 2.93. The van der Waals surface area contributed by atoms with Gasteiger partial charge in [0.05, 0.1) is 23.5 Å². The fourth-order valence-electron chi connectivity index (χ4n) is 2.91. The molecule has 2 aromatic heterocycles. The summed E-state index contributed by atoms with van der Waals surface area (Å²) < 4.78 is 13.9. The van der Waals surface area contributed by atoms with Crippen molar-refractivity contribution < 1.29 is 13.9 Å². The number of aryl methyl sites for hydroxylation is 1. The van der Waals surface area contributed by atoms with Gasteiger partial charge in [-0.3, -0.25) is 9.48 Å². The zero-order valence-electron chi connectivity index (χ0n) is 16.6. The first kappa shape index (κ1) is 21.2. The number of aromatic nitrogens is 2. The number of hydrogen-bond acceptors (Lipinski definition) is 4. The largest absolute Gasteiger partial charge is 0.484 e. The minimum absolute atomic E-state index is 0.156. The van der Waals surface area contributed by atoms with Gasteiger partial charge in [-0.15, -0.1) is 0 Å². The highest BCUT2D eigenvalue weighted by atomic mass is 79.9. The Labute approximate surface area is 192 Å². The van der Waals surface area contributed by atoms with E-state index in [0.717, 1.165) is 10.0 Å². The second-order valence-corrected chi connectivity index (χ2v) is 8.32. The van der Waals surface area contributed by atoms with Crippen LogP contribution in [0.2, 0.25) is 5.02 Å². The lowest BCUT2D eigenvalue weighted by molar-refractivity contribution is 0.0992. The van der Waals surface area contributed by atoms with Gasteiger partial charge in [-0.05, 0) is 42.8 Å². The maximum Gasteiger partial charge on any atom is 0.291 e. The summed E-state index contributed by atoms with van der Waals surface area (Å²) in [7, 11) is 0. The van der Waals surface area contributed by atoms with E-state index in [9.17, 15) is 4.79 Å². The average molecular weight is 501 g/mol. The van der Waals surface area contributed by atoms with E-state index < -0.39 is 0 Å². The summed E-state index contributed by atoms with van der Waals surface area (Å²) in [6.07, 6.45) is 3.38. The molecule has 1 N–H and O–H groups in total. The number of ether oxygens (including phenoxy) is 1. The number of nitrogens with zero attached hydrogens (tertiary/aromatic N) is 2. The molecule has 8 heteroatoms. The summed E-state index contributed by atoms with van der Waals surface area (Å²) in [5.74, 6) is 0.877. The van der Waals surface area contributed by atoms with E-state index in [4.69, 9.17) is 20.8 Å². The first-order chi connectivity index (χ1) is 15.0. The third kappa shape index (κ3) is 5.57. The highest BCUT2D eigenvalue weighted by Gasteiger charge is 2.13. The topological polar surface area (TPSA) is 69.3 Å². The van der Waals surface area contributed by atoms with Gasteiger partial charge < -0.3 is 14.5 Å². The van der Waals surface area contributed by atoms with Crippen molar-refractivity contribution in [3.8, 4) is 5.75 Å². The minimum Gasteiger partial charge on any atom is -0.484 e. The third-order valence-electron chi connectivity index (χ3n) is 4.51. The Morgan fingerprint density at radius 3 is 2.77 bits per heavy atom. The van der Waals surface area contributed by atoms with Crippen molar-refractivity contribution >= 4 is 39.1 Å². The lowest BCUT2D eigenvalue weighted by atomic mass is 10.1. The Hall–Kier alpha value is -3.03. The van der Waals surface area contributed by atoms with Crippen LogP contribution in [0.1, 0.15) is 27.4 Å². The molecule has 2 aromatic carbocycles. The molecule has 2 heterocycles. The summed E-state index contributed by atoms with van der Waals surface area (Å²) in [6.45, 7) is 2.83. The zero-order chi connectivity index (χ0) is 21.8. The van der Waals surface area contributed by atoms with Crippen LogP contribution in [0.4, 0.5) is 5.69 Å². The van der Waals surface area contributed by atoms with Crippen molar-refractivity contribution in [2.24, 2.45) is 0 Å². The van der Waals surface area contributed by atoms with Gasteiger partial charge in [0, 0.05) is 10.7 Å². The number of carbonyl (C=O) groups is 1. The van der Waals surface area contributed by atoms with Crippen molar-refractivity contribution in [1.29, 1.82) is 0 Å². The van der Waals surface area contributed by atoms with Gasteiger partial charge >= 0.3 is 0 Å². The maximum absolute atomic E-state index is 12.5. The lowest BCUT2D eigenvalue weighted by Crippen LogP contribution is -2.10. The quantitative estimate of drug-likeness (QED) is 0.334. The Kier molecular flexibility index (Phi) is 6.44. The number of anilines is 1. The molecule has 0 fully saturated rings. The van der Waals surface area contributed by atoms with Crippen molar-refractivity contribution in [3.63, 3.8) is 0 Å². The van der Waals surface area contributed by atoms with Crippen molar-refractivity contribution in [3.05, 3.63) is 99.1 Å². The Bertz CT molecular complexity index is 1200. The molecular formula is C23H19BrClN3O3. The monoisotopic (exact) mass is 499 g/mol. The van der Waals surface area contributed by atoms with Crippen LogP contribution in [0.5, 0.6) is 5.75 Å². The molecule has 0 spiro atoms. The Morgan fingerprint density at radius 1 is 1.19 bits per heavy atom. The first-order valence-electron chi connectivity index (χ1n) is 9.52. The molecule has 0 aliphatic carbocycles. The summed E-state index contributed by atoms with van der Waals surface area (Å²) in [4.78, 5) is 12.5. The molecule has 0 aliphatic heterocycles. The fourth-order valence-corrected chi connectivity index (χ4v) is 3.63. The van der Waals surface area contributed by atoms with Crippen molar-refractivity contribution in [2.75, 3.05) is 5.32 Å². The van der Waals surface area contributed by atoms with Crippen LogP contribution < -0.4 is 10.1 Å². The molecule has 158 valence electrons. The van der Waals surface area contributed by atoms with E-state index in [1.807, 2.05) is 13.0 Å².